The molecule has 0 bridgehead atoms. The second kappa shape index (κ2) is 7.04. The van der Waals surface area contributed by atoms with Crippen molar-refractivity contribution in [2.75, 3.05) is 13.7 Å². The van der Waals surface area contributed by atoms with Crippen LogP contribution in [0, 0.1) is 0 Å². The summed E-state index contributed by atoms with van der Waals surface area (Å²) in [5.74, 6) is -0.473. The van der Waals surface area contributed by atoms with Gasteiger partial charge < -0.3 is 9.64 Å². The Labute approximate surface area is 138 Å². The van der Waals surface area contributed by atoms with Crippen molar-refractivity contribution >= 4 is 55.1 Å². The molecule has 1 heterocycles. The van der Waals surface area contributed by atoms with Crippen molar-refractivity contribution in [3.63, 3.8) is 0 Å². The smallest absolute Gasteiger partial charge is 0.325 e. The molecule has 20 heavy (non-hydrogen) atoms. The summed E-state index contributed by atoms with van der Waals surface area (Å²) in [5.41, 5.74) is 0. The molecule has 0 N–H and O–H groups in total. The van der Waals surface area contributed by atoms with Crippen molar-refractivity contribution in [2.45, 2.75) is 31.7 Å². The fourth-order valence-corrected chi connectivity index (χ4v) is 4.37. The van der Waals surface area contributed by atoms with E-state index in [1.54, 1.807) is 11.0 Å². The number of methoxy groups -OCH3 is 1. The zero-order valence-electron chi connectivity index (χ0n) is 11.0. The van der Waals surface area contributed by atoms with Crippen LogP contribution >= 0.6 is 43.2 Å². The number of halogens is 2. The third kappa shape index (κ3) is 3.62. The molecule has 0 unspecified atom stereocenters. The fourth-order valence-electron chi connectivity index (χ4n) is 2.38. The van der Waals surface area contributed by atoms with Crippen LogP contribution in [0.25, 0.3) is 0 Å². The van der Waals surface area contributed by atoms with E-state index in [2.05, 4.69) is 31.9 Å². The van der Waals surface area contributed by atoms with Gasteiger partial charge in [-0.2, -0.15) is 0 Å². The van der Waals surface area contributed by atoms with E-state index >= 15 is 0 Å². The van der Waals surface area contributed by atoms with Crippen LogP contribution in [-0.2, 0) is 9.53 Å². The molecule has 110 valence electrons. The van der Waals surface area contributed by atoms with E-state index in [1.807, 2.05) is 0 Å². The van der Waals surface area contributed by atoms with Crippen molar-refractivity contribution in [2.24, 2.45) is 0 Å². The molecule has 0 atom stereocenters. The van der Waals surface area contributed by atoms with Gasteiger partial charge in [0.05, 0.1) is 15.8 Å². The summed E-state index contributed by atoms with van der Waals surface area (Å²) in [4.78, 5) is 26.5. The zero-order valence-corrected chi connectivity index (χ0v) is 15.0. The molecule has 0 aromatic carbocycles. The zero-order chi connectivity index (χ0) is 14.7. The van der Waals surface area contributed by atoms with Gasteiger partial charge in [0.1, 0.15) is 6.54 Å². The first-order valence-electron chi connectivity index (χ1n) is 6.35. The first-order valence-corrected chi connectivity index (χ1v) is 8.75. The molecule has 1 aromatic rings. The Bertz CT molecular complexity index is 492. The Morgan fingerprint density at radius 2 is 2.05 bits per heavy atom. The molecular formula is C13H15Br2NO3S. The van der Waals surface area contributed by atoms with Crippen LogP contribution in [0.2, 0.25) is 0 Å². The lowest BCUT2D eigenvalue weighted by atomic mass is 10.2. The van der Waals surface area contributed by atoms with Crippen molar-refractivity contribution in [1.29, 1.82) is 0 Å². The van der Waals surface area contributed by atoms with Crippen molar-refractivity contribution in [1.82, 2.24) is 4.90 Å². The third-order valence-electron chi connectivity index (χ3n) is 3.41. The minimum Gasteiger partial charge on any atom is -0.468 e. The maximum Gasteiger partial charge on any atom is 0.325 e. The summed E-state index contributed by atoms with van der Waals surface area (Å²) in [6, 6.07) is 1.93. The molecule has 4 nitrogen and oxygen atoms in total. The number of esters is 1. The lowest BCUT2D eigenvalue weighted by Gasteiger charge is -2.27. The van der Waals surface area contributed by atoms with E-state index in [1.165, 1.54) is 18.4 Å². The first kappa shape index (κ1) is 16.0. The van der Waals surface area contributed by atoms with E-state index in [-0.39, 0.29) is 24.5 Å². The van der Waals surface area contributed by atoms with E-state index in [0.29, 0.717) is 4.88 Å². The number of carbonyl (C=O) groups is 2. The average Bonchev–Trinajstić information content (AvgIpc) is 3.06. The quantitative estimate of drug-likeness (QED) is 0.690. The van der Waals surface area contributed by atoms with Crippen LogP contribution < -0.4 is 0 Å². The number of amides is 1. The largest absolute Gasteiger partial charge is 0.468 e. The average molecular weight is 425 g/mol. The lowest BCUT2D eigenvalue weighted by molar-refractivity contribution is -0.141. The second-order valence-electron chi connectivity index (χ2n) is 4.68. The van der Waals surface area contributed by atoms with E-state index < -0.39 is 0 Å². The van der Waals surface area contributed by atoms with Gasteiger partial charge in [-0.15, -0.1) is 11.3 Å². The van der Waals surface area contributed by atoms with Crippen molar-refractivity contribution in [3.05, 3.63) is 19.2 Å². The summed E-state index contributed by atoms with van der Waals surface area (Å²) >= 11 is 8.14. The number of thiophene rings is 1. The maximum atomic E-state index is 12.6. The van der Waals surface area contributed by atoms with Gasteiger partial charge in [-0.05, 0) is 50.8 Å². The van der Waals surface area contributed by atoms with E-state index in [4.69, 9.17) is 4.74 Å². The summed E-state index contributed by atoms with van der Waals surface area (Å²) in [6.07, 6.45) is 4.12. The van der Waals surface area contributed by atoms with Gasteiger partial charge in [-0.25, -0.2) is 0 Å². The molecule has 0 saturated heterocycles. The molecule has 1 aromatic heterocycles. The van der Waals surface area contributed by atoms with E-state index in [9.17, 15) is 9.59 Å². The standard InChI is InChI=1S/C13H15Br2NO3S/c1-19-11(17)7-16(8-4-2-3-5-8)13(18)10-6-9(14)12(15)20-10/h6,8H,2-5,7H2,1H3. The Hall–Kier alpha value is -0.400. The Morgan fingerprint density at radius 3 is 2.55 bits per heavy atom. The minimum atomic E-state index is -0.375. The van der Waals surface area contributed by atoms with Crippen LogP contribution in [-0.4, -0.2) is 36.5 Å². The number of carbonyl (C=O) groups excluding carboxylic acids is 2. The number of nitrogens with zero attached hydrogens (tertiary/aromatic N) is 1. The van der Waals surface area contributed by atoms with Crippen LogP contribution in [0.15, 0.2) is 14.3 Å². The molecule has 1 fully saturated rings. The highest BCUT2D eigenvalue weighted by molar-refractivity contribution is 9.13. The van der Waals surface area contributed by atoms with Gasteiger partial charge >= 0.3 is 5.97 Å². The highest BCUT2D eigenvalue weighted by Gasteiger charge is 2.30. The molecule has 1 saturated carbocycles. The monoisotopic (exact) mass is 423 g/mol. The summed E-state index contributed by atoms with van der Waals surface area (Å²) in [5, 5.41) is 0. The first-order chi connectivity index (χ1) is 9.52. The van der Waals surface area contributed by atoms with Crippen LogP contribution in [0.4, 0.5) is 0 Å². The summed E-state index contributed by atoms with van der Waals surface area (Å²) in [7, 11) is 1.35. The Balaban J connectivity index is 2.20. The van der Waals surface area contributed by atoms with Crippen molar-refractivity contribution in [3.8, 4) is 0 Å². The van der Waals surface area contributed by atoms with Gasteiger partial charge in [-0.1, -0.05) is 12.8 Å². The highest BCUT2D eigenvalue weighted by Crippen LogP contribution is 2.34. The van der Waals surface area contributed by atoms with Gasteiger partial charge in [0, 0.05) is 10.5 Å². The predicted octanol–water partition coefficient (Wildman–Crippen LogP) is 3.83. The van der Waals surface area contributed by atoms with Gasteiger partial charge in [0.2, 0.25) is 0 Å². The second-order valence-corrected chi connectivity index (χ2v) is 7.90. The number of hydrogen-bond donors (Lipinski definition) is 0. The molecule has 2 rings (SSSR count). The minimum absolute atomic E-state index is 0.0210. The van der Waals surface area contributed by atoms with Crippen LogP contribution in [0.5, 0.6) is 0 Å². The molecule has 7 heteroatoms. The highest BCUT2D eigenvalue weighted by atomic mass is 79.9. The third-order valence-corrected chi connectivity index (χ3v) is 6.65. The van der Waals surface area contributed by atoms with E-state index in [0.717, 1.165) is 33.9 Å². The molecule has 1 amide bonds. The van der Waals surface area contributed by atoms with Gasteiger partial charge in [-0.3, -0.25) is 9.59 Å². The van der Waals surface area contributed by atoms with Crippen molar-refractivity contribution < 1.29 is 14.3 Å². The molecule has 0 radical (unpaired) electrons. The maximum absolute atomic E-state index is 12.6. The van der Waals surface area contributed by atoms with Crippen LogP contribution in [0.1, 0.15) is 35.4 Å². The molecule has 0 aliphatic heterocycles. The number of ether oxygens (including phenoxy) is 1. The summed E-state index contributed by atoms with van der Waals surface area (Å²) < 4.78 is 6.44. The Morgan fingerprint density at radius 1 is 1.40 bits per heavy atom. The molecular weight excluding hydrogens is 410 g/mol. The molecule has 0 spiro atoms. The topological polar surface area (TPSA) is 46.6 Å². The number of rotatable bonds is 4. The van der Waals surface area contributed by atoms with Gasteiger partial charge in [0.25, 0.3) is 5.91 Å². The fraction of sp³-hybridized carbons (Fsp3) is 0.538. The van der Waals surface area contributed by atoms with Crippen LogP contribution in [0.3, 0.4) is 0 Å². The SMILES string of the molecule is COC(=O)CN(C(=O)c1cc(Br)c(Br)s1)C1CCCC1. The molecule has 1 aliphatic carbocycles. The number of hydrogen-bond acceptors (Lipinski definition) is 4. The summed E-state index contributed by atoms with van der Waals surface area (Å²) in [6.45, 7) is 0.0210. The molecule has 1 aliphatic rings. The Kier molecular flexibility index (Phi) is 5.63. The predicted molar refractivity (Wildman–Crippen MR) is 85.0 cm³/mol. The van der Waals surface area contributed by atoms with Gasteiger partial charge in [0.15, 0.2) is 0 Å². The lowest BCUT2D eigenvalue weighted by Crippen LogP contribution is -2.42. The normalized spacial score (nSPS) is 15.3.